The summed E-state index contributed by atoms with van der Waals surface area (Å²) in [5, 5.41) is 24.0. The van der Waals surface area contributed by atoms with E-state index in [0.717, 1.165) is 12.1 Å². The highest BCUT2D eigenvalue weighted by Gasteiger charge is 2.09. The van der Waals surface area contributed by atoms with E-state index >= 15 is 0 Å². The Balaban J connectivity index is 1.79. The number of carbonyl (C=O) groups is 1. The number of benzene rings is 1. The highest BCUT2D eigenvalue weighted by atomic mass is 16.6. The quantitative estimate of drug-likeness (QED) is 0.433. The largest absolute Gasteiger partial charge is 0.352 e. The number of pyridine rings is 1. The first kappa shape index (κ1) is 18.8. The van der Waals surface area contributed by atoms with Gasteiger partial charge in [-0.15, -0.1) is 0 Å². The number of aromatic nitrogens is 1. The van der Waals surface area contributed by atoms with Crippen LogP contribution < -0.4 is 10.9 Å². The third kappa shape index (κ3) is 4.97. The highest BCUT2D eigenvalue weighted by Crippen LogP contribution is 2.11. The molecule has 10 heteroatoms. The second-order valence-corrected chi connectivity index (χ2v) is 5.44. The molecule has 0 spiro atoms. The molecule has 2 aromatic rings. The summed E-state index contributed by atoms with van der Waals surface area (Å²) < 4.78 is 1.26. The van der Waals surface area contributed by atoms with Crippen molar-refractivity contribution in [3.8, 4) is 0 Å². The maximum atomic E-state index is 11.9. The standard InChI is InChI=1S/C16H16N4O6/c21-15-8-7-14(20(25)26)11-18(15)10-2-1-9-17-16(22)12-3-5-13(6-4-12)19(23)24/h3-8,11H,1-2,9-10H2,(H,17,22). The molecular formula is C16H16N4O6. The summed E-state index contributed by atoms with van der Waals surface area (Å²) in [5.74, 6) is -0.354. The van der Waals surface area contributed by atoms with Gasteiger partial charge in [0.1, 0.15) is 0 Å². The predicted molar refractivity (Wildman–Crippen MR) is 92.0 cm³/mol. The highest BCUT2D eigenvalue weighted by molar-refractivity contribution is 5.94. The number of amides is 1. The van der Waals surface area contributed by atoms with Gasteiger partial charge in [-0.25, -0.2) is 0 Å². The zero-order chi connectivity index (χ0) is 19.1. The lowest BCUT2D eigenvalue weighted by molar-refractivity contribution is -0.385. The number of nitrogens with zero attached hydrogens (tertiary/aromatic N) is 3. The molecular weight excluding hydrogens is 344 g/mol. The number of carbonyl (C=O) groups excluding carboxylic acids is 1. The smallest absolute Gasteiger partial charge is 0.285 e. The maximum Gasteiger partial charge on any atom is 0.285 e. The molecule has 0 aliphatic rings. The summed E-state index contributed by atoms with van der Waals surface area (Å²) in [4.78, 5) is 43.7. The van der Waals surface area contributed by atoms with Crippen molar-refractivity contribution in [1.29, 1.82) is 0 Å². The van der Waals surface area contributed by atoms with Crippen LogP contribution in [0.15, 0.2) is 47.4 Å². The number of unbranched alkanes of at least 4 members (excludes halogenated alkanes) is 1. The molecule has 0 aliphatic carbocycles. The van der Waals surface area contributed by atoms with Gasteiger partial charge in [0.15, 0.2) is 0 Å². The minimum atomic E-state index is -0.569. The van der Waals surface area contributed by atoms with Crippen LogP contribution in [0.5, 0.6) is 0 Å². The Morgan fingerprint density at radius 2 is 1.58 bits per heavy atom. The second kappa shape index (κ2) is 8.51. The number of non-ortho nitro benzene ring substituents is 1. The van der Waals surface area contributed by atoms with Crippen LogP contribution in [0.2, 0.25) is 0 Å². The first-order valence-electron chi connectivity index (χ1n) is 7.76. The lowest BCUT2D eigenvalue weighted by Gasteiger charge is -2.07. The number of nitro benzene ring substituents is 1. The summed E-state index contributed by atoms with van der Waals surface area (Å²) >= 11 is 0. The zero-order valence-corrected chi connectivity index (χ0v) is 13.7. The lowest BCUT2D eigenvalue weighted by Crippen LogP contribution is -2.25. The molecule has 10 nitrogen and oxygen atoms in total. The molecule has 0 bridgehead atoms. The second-order valence-electron chi connectivity index (χ2n) is 5.44. The van der Waals surface area contributed by atoms with E-state index in [0.29, 0.717) is 31.5 Å². The molecule has 0 fully saturated rings. The number of aryl methyl sites for hydroxylation is 1. The fourth-order valence-corrected chi connectivity index (χ4v) is 2.25. The van der Waals surface area contributed by atoms with Crippen LogP contribution in [0.1, 0.15) is 23.2 Å². The van der Waals surface area contributed by atoms with Crippen molar-refractivity contribution in [2.45, 2.75) is 19.4 Å². The van der Waals surface area contributed by atoms with E-state index < -0.39 is 9.85 Å². The molecule has 1 heterocycles. The summed E-state index contributed by atoms with van der Waals surface area (Å²) in [5.41, 5.74) is -0.268. The molecule has 1 aromatic heterocycles. The predicted octanol–water partition coefficient (Wildman–Crippen LogP) is 1.87. The minimum Gasteiger partial charge on any atom is -0.352 e. The molecule has 1 aromatic carbocycles. The van der Waals surface area contributed by atoms with Crippen LogP contribution in [0, 0.1) is 20.2 Å². The zero-order valence-electron chi connectivity index (χ0n) is 13.7. The summed E-state index contributed by atoms with van der Waals surface area (Å²) in [7, 11) is 0. The van der Waals surface area contributed by atoms with Gasteiger partial charge < -0.3 is 9.88 Å². The van der Waals surface area contributed by atoms with Crippen LogP contribution in [-0.4, -0.2) is 26.9 Å². The van der Waals surface area contributed by atoms with Crippen LogP contribution in [0.4, 0.5) is 11.4 Å². The Kier molecular flexibility index (Phi) is 6.15. The summed E-state index contributed by atoms with van der Waals surface area (Å²) in [6.45, 7) is 0.646. The van der Waals surface area contributed by atoms with E-state index in [1.54, 1.807) is 0 Å². The first-order chi connectivity index (χ1) is 12.4. The Hall–Kier alpha value is -3.56. The van der Waals surface area contributed by atoms with Gasteiger partial charge in [0, 0.05) is 42.9 Å². The van der Waals surface area contributed by atoms with Crippen LogP contribution in [0.25, 0.3) is 0 Å². The maximum absolute atomic E-state index is 11.9. The normalized spacial score (nSPS) is 10.3. The first-order valence-corrected chi connectivity index (χ1v) is 7.76. The van der Waals surface area contributed by atoms with E-state index in [4.69, 9.17) is 0 Å². The van der Waals surface area contributed by atoms with Crippen LogP contribution in [-0.2, 0) is 6.54 Å². The van der Waals surface area contributed by atoms with E-state index in [1.807, 2.05) is 0 Å². The Morgan fingerprint density at radius 3 is 2.19 bits per heavy atom. The van der Waals surface area contributed by atoms with Crippen molar-refractivity contribution < 1.29 is 14.6 Å². The lowest BCUT2D eigenvalue weighted by atomic mass is 10.2. The van der Waals surface area contributed by atoms with Crippen molar-refractivity contribution >= 4 is 17.3 Å². The third-order valence-corrected chi connectivity index (χ3v) is 3.63. The van der Waals surface area contributed by atoms with Crippen molar-refractivity contribution in [1.82, 2.24) is 9.88 Å². The molecule has 0 saturated heterocycles. The number of hydrogen-bond donors (Lipinski definition) is 1. The van der Waals surface area contributed by atoms with Gasteiger partial charge in [-0.2, -0.15) is 0 Å². The Bertz CT molecular complexity index is 875. The number of rotatable bonds is 8. The summed E-state index contributed by atoms with van der Waals surface area (Å²) in [6, 6.07) is 7.55. The van der Waals surface area contributed by atoms with Gasteiger partial charge in [0.2, 0.25) is 0 Å². The SMILES string of the molecule is O=C(NCCCCn1cc([N+](=O)[O-])ccc1=O)c1ccc([N+](=O)[O-])cc1. The van der Waals surface area contributed by atoms with E-state index in [1.165, 1.54) is 35.0 Å². The molecule has 0 saturated carbocycles. The van der Waals surface area contributed by atoms with Gasteiger partial charge in [-0.05, 0) is 25.0 Å². The van der Waals surface area contributed by atoms with Gasteiger partial charge >= 0.3 is 0 Å². The van der Waals surface area contributed by atoms with Gasteiger partial charge in [0.25, 0.3) is 22.8 Å². The average Bonchev–Trinajstić information content (AvgIpc) is 2.62. The molecule has 0 atom stereocenters. The van der Waals surface area contributed by atoms with E-state index in [-0.39, 0.29) is 22.8 Å². The fourth-order valence-electron chi connectivity index (χ4n) is 2.25. The molecule has 1 amide bonds. The van der Waals surface area contributed by atoms with Crippen molar-refractivity contribution in [3.63, 3.8) is 0 Å². The van der Waals surface area contributed by atoms with Crippen molar-refractivity contribution in [3.05, 3.63) is 78.7 Å². The molecule has 0 radical (unpaired) electrons. The van der Waals surface area contributed by atoms with E-state index in [9.17, 15) is 29.8 Å². The Labute approximate surface area is 147 Å². The molecule has 0 aliphatic heterocycles. The Morgan fingerprint density at radius 1 is 0.962 bits per heavy atom. The monoisotopic (exact) mass is 360 g/mol. The van der Waals surface area contributed by atoms with Gasteiger partial charge in [0.05, 0.1) is 16.0 Å². The molecule has 2 rings (SSSR count). The van der Waals surface area contributed by atoms with Crippen LogP contribution in [0.3, 0.4) is 0 Å². The van der Waals surface area contributed by atoms with Gasteiger partial charge in [-0.1, -0.05) is 0 Å². The minimum absolute atomic E-state index is 0.0936. The van der Waals surface area contributed by atoms with Crippen LogP contribution >= 0.6 is 0 Å². The number of nitrogens with one attached hydrogen (secondary N) is 1. The fraction of sp³-hybridized carbons (Fsp3) is 0.250. The molecule has 26 heavy (non-hydrogen) atoms. The summed E-state index contributed by atoms with van der Waals surface area (Å²) in [6.07, 6.45) is 2.30. The number of nitro groups is 2. The topological polar surface area (TPSA) is 137 Å². The average molecular weight is 360 g/mol. The number of hydrogen-bond acceptors (Lipinski definition) is 6. The molecule has 0 unspecified atom stereocenters. The van der Waals surface area contributed by atoms with Crippen molar-refractivity contribution in [2.24, 2.45) is 0 Å². The molecule has 1 N–H and O–H groups in total. The molecule has 136 valence electrons. The van der Waals surface area contributed by atoms with E-state index in [2.05, 4.69) is 5.32 Å². The third-order valence-electron chi connectivity index (χ3n) is 3.63. The van der Waals surface area contributed by atoms with Crippen molar-refractivity contribution in [2.75, 3.05) is 6.54 Å². The van der Waals surface area contributed by atoms with Gasteiger partial charge in [-0.3, -0.25) is 29.8 Å².